The fourth-order valence-electron chi connectivity index (χ4n) is 2.97. The van der Waals surface area contributed by atoms with E-state index in [2.05, 4.69) is 0 Å². The summed E-state index contributed by atoms with van der Waals surface area (Å²) in [4.78, 5) is 23.7. The highest BCUT2D eigenvalue weighted by Crippen LogP contribution is 2.39. The van der Waals surface area contributed by atoms with E-state index in [9.17, 15) is 24.3 Å². The third-order valence-electron chi connectivity index (χ3n) is 4.17. The van der Waals surface area contributed by atoms with Crippen LogP contribution in [-0.4, -0.2) is 15.6 Å². The van der Waals surface area contributed by atoms with Crippen LogP contribution in [-0.2, 0) is 0 Å². The van der Waals surface area contributed by atoms with Crippen LogP contribution >= 0.6 is 0 Å². The number of hydrogen-bond donors (Lipinski definition) is 1. The topological polar surface area (TPSA) is 83.1 Å². The molecule has 23 heavy (non-hydrogen) atoms. The fraction of sp³-hybridized carbons (Fsp3) is 0.353. The number of rotatable bonds is 3. The van der Waals surface area contributed by atoms with Gasteiger partial charge in [0, 0.05) is 17.8 Å². The van der Waals surface area contributed by atoms with Crippen molar-refractivity contribution in [3.8, 4) is 6.07 Å². The van der Waals surface area contributed by atoms with Crippen molar-refractivity contribution < 1.29 is 14.3 Å². The normalized spacial score (nSPS) is 14.2. The number of carbonyl (C=O) groups is 1. The van der Waals surface area contributed by atoms with Crippen LogP contribution in [0.4, 0.5) is 4.39 Å². The van der Waals surface area contributed by atoms with Crippen LogP contribution in [0.5, 0.6) is 0 Å². The van der Waals surface area contributed by atoms with Gasteiger partial charge in [-0.25, -0.2) is 9.18 Å². The molecule has 3 rings (SSSR count). The van der Waals surface area contributed by atoms with Crippen LogP contribution in [0.2, 0.25) is 0 Å². The molecular weight excluding hydrogens is 299 g/mol. The molecule has 1 aromatic heterocycles. The molecule has 1 fully saturated rings. The standard InChI is InChI=1S/C17H15FN2O3/c1-8(2)14-11(6-19)15-10(5-13(14)18)16(21)12(17(22)23)7-20(15)9-3-4-9/h5,7-9H,3-4H2,1-2H3,(H,22,23). The second kappa shape index (κ2) is 5.20. The molecule has 5 nitrogen and oxygen atoms in total. The van der Waals surface area contributed by atoms with Crippen molar-refractivity contribution in [2.45, 2.75) is 38.6 Å². The summed E-state index contributed by atoms with van der Waals surface area (Å²) in [5.74, 6) is -2.22. The molecule has 1 heterocycles. The van der Waals surface area contributed by atoms with Gasteiger partial charge >= 0.3 is 5.97 Å². The minimum Gasteiger partial charge on any atom is -0.477 e. The third kappa shape index (κ3) is 2.29. The van der Waals surface area contributed by atoms with Gasteiger partial charge in [-0.1, -0.05) is 13.8 Å². The van der Waals surface area contributed by atoms with E-state index in [-0.39, 0.29) is 28.5 Å². The van der Waals surface area contributed by atoms with Crippen molar-refractivity contribution >= 4 is 16.9 Å². The highest BCUT2D eigenvalue weighted by molar-refractivity contribution is 5.94. The van der Waals surface area contributed by atoms with Crippen molar-refractivity contribution in [2.75, 3.05) is 0 Å². The first-order valence-electron chi connectivity index (χ1n) is 7.41. The van der Waals surface area contributed by atoms with Crippen molar-refractivity contribution in [1.82, 2.24) is 4.57 Å². The van der Waals surface area contributed by atoms with Crippen LogP contribution in [0.3, 0.4) is 0 Å². The summed E-state index contributed by atoms with van der Waals surface area (Å²) < 4.78 is 16.1. The van der Waals surface area contributed by atoms with E-state index in [0.29, 0.717) is 5.52 Å². The largest absolute Gasteiger partial charge is 0.477 e. The maximum absolute atomic E-state index is 14.4. The van der Waals surface area contributed by atoms with Crippen molar-refractivity contribution in [3.05, 3.63) is 45.0 Å². The first kappa shape index (κ1) is 15.2. The lowest BCUT2D eigenvalue weighted by molar-refractivity contribution is 0.0695. The second-order valence-corrected chi connectivity index (χ2v) is 6.13. The fourth-order valence-corrected chi connectivity index (χ4v) is 2.97. The Morgan fingerprint density at radius 2 is 2.13 bits per heavy atom. The predicted molar refractivity (Wildman–Crippen MR) is 82.2 cm³/mol. The molecule has 0 aliphatic heterocycles. The van der Waals surface area contributed by atoms with Crippen LogP contribution < -0.4 is 5.43 Å². The molecule has 0 spiro atoms. The Bertz CT molecular complexity index is 934. The SMILES string of the molecule is CC(C)c1c(F)cc2c(=O)c(C(=O)O)cn(C3CC3)c2c1C#N. The van der Waals surface area contributed by atoms with E-state index in [1.165, 1.54) is 6.20 Å². The number of hydrogen-bond acceptors (Lipinski definition) is 3. The highest BCUT2D eigenvalue weighted by Gasteiger charge is 2.29. The predicted octanol–water partition coefficient (Wildman–Crippen LogP) is 3.17. The molecule has 0 amide bonds. The number of halogens is 1. The molecule has 1 N–H and O–H groups in total. The Morgan fingerprint density at radius 3 is 2.61 bits per heavy atom. The van der Waals surface area contributed by atoms with Gasteiger partial charge in [-0.2, -0.15) is 5.26 Å². The van der Waals surface area contributed by atoms with Gasteiger partial charge in [0.25, 0.3) is 0 Å². The summed E-state index contributed by atoms with van der Waals surface area (Å²) in [6.07, 6.45) is 2.97. The number of pyridine rings is 1. The van der Waals surface area contributed by atoms with E-state index < -0.39 is 22.8 Å². The maximum Gasteiger partial charge on any atom is 0.341 e. The number of carboxylic acids is 1. The van der Waals surface area contributed by atoms with E-state index in [1.54, 1.807) is 18.4 Å². The molecule has 0 unspecified atom stereocenters. The number of aromatic nitrogens is 1. The molecule has 2 aromatic rings. The van der Waals surface area contributed by atoms with E-state index in [0.717, 1.165) is 18.9 Å². The summed E-state index contributed by atoms with van der Waals surface area (Å²) in [5.41, 5.74) is -0.428. The first-order chi connectivity index (χ1) is 10.9. The second-order valence-electron chi connectivity index (χ2n) is 6.13. The van der Waals surface area contributed by atoms with Gasteiger partial charge in [0.2, 0.25) is 5.43 Å². The Kier molecular flexibility index (Phi) is 3.44. The zero-order valence-corrected chi connectivity index (χ0v) is 12.8. The smallest absolute Gasteiger partial charge is 0.341 e. The number of carboxylic acid groups (broad SMARTS) is 1. The number of nitrogens with zero attached hydrogens (tertiary/aromatic N) is 2. The number of fused-ring (bicyclic) bond motifs is 1. The monoisotopic (exact) mass is 314 g/mol. The lowest BCUT2D eigenvalue weighted by Gasteiger charge is -2.17. The summed E-state index contributed by atoms with van der Waals surface area (Å²) in [7, 11) is 0. The van der Waals surface area contributed by atoms with Gasteiger partial charge in [0.15, 0.2) is 0 Å². The molecule has 0 saturated heterocycles. The highest BCUT2D eigenvalue weighted by atomic mass is 19.1. The van der Waals surface area contributed by atoms with Gasteiger partial charge < -0.3 is 9.67 Å². The van der Waals surface area contributed by atoms with E-state index >= 15 is 0 Å². The van der Waals surface area contributed by atoms with Gasteiger partial charge in [-0.15, -0.1) is 0 Å². The summed E-state index contributed by atoms with van der Waals surface area (Å²) in [6, 6.07) is 3.13. The lowest BCUT2D eigenvalue weighted by Crippen LogP contribution is -2.20. The molecule has 1 aromatic carbocycles. The molecular formula is C17H15FN2O3. The lowest BCUT2D eigenvalue weighted by atomic mass is 9.93. The molecule has 0 radical (unpaired) electrons. The summed E-state index contributed by atoms with van der Waals surface area (Å²) in [6.45, 7) is 3.55. The average Bonchev–Trinajstić information content (AvgIpc) is 3.30. The van der Waals surface area contributed by atoms with Gasteiger partial charge in [-0.3, -0.25) is 4.79 Å². The van der Waals surface area contributed by atoms with E-state index in [1.807, 2.05) is 6.07 Å². The summed E-state index contributed by atoms with van der Waals surface area (Å²) >= 11 is 0. The molecule has 0 atom stereocenters. The Balaban J connectivity index is 2.55. The zero-order valence-electron chi connectivity index (χ0n) is 12.8. The Morgan fingerprint density at radius 1 is 1.48 bits per heavy atom. The number of nitriles is 1. The van der Waals surface area contributed by atoms with E-state index in [4.69, 9.17) is 0 Å². The minimum atomic E-state index is -1.35. The summed E-state index contributed by atoms with van der Waals surface area (Å²) in [5, 5.41) is 18.7. The minimum absolute atomic E-state index is 0.0461. The van der Waals surface area contributed by atoms with Crippen LogP contribution in [0.25, 0.3) is 10.9 Å². The third-order valence-corrected chi connectivity index (χ3v) is 4.17. The Labute approximate surface area is 131 Å². The van der Waals surface area contributed by atoms with Gasteiger partial charge in [0.05, 0.1) is 16.5 Å². The number of aromatic carboxylic acids is 1. The van der Waals surface area contributed by atoms with Crippen LogP contribution in [0.15, 0.2) is 17.1 Å². The number of benzene rings is 1. The average molecular weight is 314 g/mol. The van der Waals surface area contributed by atoms with Gasteiger partial charge in [0.1, 0.15) is 17.4 Å². The van der Waals surface area contributed by atoms with Crippen molar-refractivity contribution in [1.29, 1.82) is 5.26 Å². The molecule has 6 heteroatoms. The van der Waals surface area contributed by atoms with Crippen LogP contribution in [0, 0.1) is 17.1 Å². The first-order valence-corrected chi connectivity index (χ1v) is 7.41. The molecule has 1 aliphatic rings. The molecule has 0 bridgehead atoms. The molecule has 118 valence electrons. The van der Waals surface area contributed by atoms with Crippen LogP contribution in [0.1, 0.15) is 60.1 Å². The molecule has 1 aliphatic carbocycles. The maximum atomic E-state index is 14.4. The van der Waals surface area contributed by atoms with Crippen molar-refractivity contribution in [3.63, 3.8) is 0 Å². The van der Waals surface area contributed by atoms with Gasteiger partial charge in [-0.05, 0) is 24.8 Å². The quantitative estimate of drug-likeness (QED) is 0.943. The van der Waals surface area contributed by atoms with Crippen molar-refractivity contribution in [2.24, 2.45) is 0 Å². The zero-order chi connectivity index (χ0) is 16.9. The Hall–Kier alpha value is -2.68. The molecule has 1 saturated carbocycles.